The number of phosphoric ester groups is 2. The third-order valence-electron chi connectivity index (χ3n) is 15.8. The summed E-state index contributed by atoms with van der Waals surface area (Å²) >= 11 is 0. The number of rotatable bonds is 68. The number of hydrogen-bond acceptors (Lipinski definition) is 15. The van der Waals surface area contributed by atoms with Crippen molar-refractivity contribution in [3.8, 4) is 0 Å². The molecule has 0 spiro atoms. The molecule has 0 aromatic heterocycles. The summed E-state index contributed by atoms with van der Waals surface area (Å²) in [6.07, 6.45) is 47.2. The SMILES string of the molecule is CCCCCCCCCCCCCCCCCCC(=O)O[C@H](COC(=O)CCCCCCCCCCCCC)COP(=O)(O)OC[C@@H](O)COP(=O)(O)OC[C@@H](COC(=O)CCCCCCCCC(C)C)OC(=O)CCCCCCCCCCCCC. The summed E-state index contributed by atoms with van der Waals surface area (Å²) in [5.74, 6) is -1.45. The molecule has 0 aromatic rings. The first-order valence-corrected chi connectivity index (χ1v) is 38.6. The maximum Gasteiger partial charge on any atom is 0.472 e. The van der Waals surface area contributed by atoms with Gasteiger partial charge in [-0.15, -0.1) is 0 Å². The number of esters is 4. The zero-order chi connectivity index (χ0) is 64.2. The molecular weight excluding hydrogens is 1150 g/mol. The predicted molar refractivity (Wildman–Crippen MR) is 349 cm³/mol. The van der Waals surface area contributed by atoms with Gasteiger partial charge in [0.05, 0.1) is 26.4 Å². The van der Waals surface area contributed by atoms with Gasteiger partial charge >= 0.3 is 39.5 Å². The van der Waals surface area contributed by atoms with Crippen molar-refractivity contribution in [1.29, 1.82) is 0 Å². The topological polar surface area (TPSA) is 237 Å². The van der Waals surface area contributed by atoms with E-state index < -0.39 is 97.5 Å². The Morgan fingerprint density at radius 2 is 0.529 bits per heavy atom. The molecule has 3 N–H and O–H groups in total. The minimum absolute atomic E-state index is 0.106. The van der Waals surface area contributed by atoms with Gasteiger partial charge in [0.25, 0.3) is 0 Å². The van der Waals surface area contributed by atoms with Crippen LogP contribution in [0.15, 0.2) is 0 Å². The lowest BCUT2D eigenvalue weighted by Gasteiger charge is -2.21. The average Bonchev–Trinajstić information content (AvgIpc) is 3.62. The van der Waals surface area contributed by atoms with E-state index in [9.17, 15) is 43.2 Å². The normalized spacial score (nSPS) is 14.1. The van der Waals surface area contributed by atoms with Crippen molar-refractivity contribution in [3.05, 3.63) is 0 Å². The summed E-state index contributed by atoms with van der Waals surface area (Å²) < 4.78 is 68.1. The highest BCUT2D eigenvalue weighted by atomic mass is 31.2. The van der Waals surface area contributed by atoms with E-state index in [1.807, 2.05) is 0 Å². The molecule has 0 heterocycles. The molecule has 0 bridgehead atoms. The summed E-state index contributed by atoms with van der Waals surface area (Å²) in [6.45, 7) is 7.15. The standard InChI is InChI=1S/C68H132O17P2/c1-6-9-12-15-18-21-24-25-26-27-28-31-34-37-44-49-54-68(73)84-63(57-78-65(70)51-46-41-35-32-29-22-19-16-13-10-7-2)59-82-86(74,75)80-55-62(69)56-81-87(76,77)83-60-64(58-79-66(71)52-47-42-39-38-40-45-50-61(4)5)85-67(72)53-48-43-36-33-30-23-20-17-14-11-8-3/h61-64,69H,6-60H2,1-5H3,(H,74,75)(H,76,77)/t62-,63-,64-/m1/s1. The fourth-order valence-electron chi connectivity index (χ4n) is 10.3. The lowest BCUT2D eigenvalue weighted by atomic mass is 10.0. The van der Waals surface area contributed by atoms with E-state index in [0.717, 1.165) is 96.3 Å². The number of aliphatic hydroxyl groups is 1. The number of aliphatic hydroxyl groups excluding tert-OH is 1. The van der Waals surface area contributed by atoms with Crippen LogP contribution in [0.5, 0.6) is 0 Å². The Labute approximate surface area is 530 Å². The van der Waals surface area contributed by atoms with Crippen LogP contribution in [0.3, 0.4) is 0 Å². The van der Waals surface area contributed by atoms with Gasteiger partial charge in [0.15, 0.2) is 12.2 Å². The molecule has 87 heavy (non-hydrogen) atoms. The maximum atomic E-state index is 13.0. The van der Waals surface area contributed by atoms with Gasteiger partial charge in [-0.3, -0.25) is 37.3 Å². The molecule has 0 fully saturated rings. The second-order valence-corrected chi connectivity index (χ2v) is 27.9. The summed E-state index contributed by atoms with van der Waals surface area (Å²) in [5, 5.41) is 10.6. The summed E-state index contributed by atoms with van der Waals surface area (Å²) in [4.78, 5) is 72.4. The van der Waals surface area contributed by atoms with Crippen LogP contribution >= 0.6 is 15.6 Å². The van der Waals surface area contributed by atoms with Crippen LogP contribution in [-0.4, -0.2) is 96.7 Å². The van der Waals surface area contributed by atoms with Crippen LogP contribution in [0.4, 0.5) is 0 Å². The van der Waals surface area contributed by atoms with Crippen molar-refractivity contribution >= 4 is 39.5 Å². The molecule has 516 valence electrons. The number of ether oxygens (including phenoxy) is 4. The third kappa shape index (κ3) is 62.6. The Bertz CT molecular complexity index is 1690. The Morgan fingerprint density at radius 1 is 0.310 bits per heavy atom. The van der Waals surface area contributed by atoms with Gasteiger partial charge in [-0.1, -0.05) is 298 Å². The molecule has 5 atom stereocenters. The maximum absolute atomic E-state index is 13.0. The van der Waals surface area contributed by atoms with E-state index in [2.05, 4.69) is 34.6 Å². The van der Waals surface area contributed by atoms with Crippen molar-refractivity contribution in [2.45, 2.75) is 368 Å². The highest BCUT2D eigenvalue weighted by molar-refractivity contribution is 7.47. The van der Waals surface area contributed by atoms with Crippen LogP contribution in [0, 0.1) is 5.92 Å². The van der Waals surface area contributed by atoms with Crippen LogP contribution in [0.1, 0.15) is 349 Å². The Balaban J connectivity index is 5.22. The number of unbranched alkanes of at least 4 members (excludes halogenated alkanes) is 40. The van der Waals surface area contributed by atoms with Crippen molar-refractivity contribution in [3.63, 3.8) is 0 Å². The molecule has 0 aliphatic carbocycles. The number of carbonyl (C=O) groups excluding carboxylic acids is 4. The average molecular weight is 1280 g/mol. The summed E-state index contributed by atoms with van der Waals surface area (Å²) in [6, 6.07) is 0. The molecule has 0 radical (unpaired) electrons. The first kappa shape index (κ1) is 85.1. The minimum Gasteiger partial charge on any atom is -0.462 e. The third-order valence-corrected chi connectivity index (χ3v) is 17.7. The quantitative estimate of drug-likeness (QED) is 0.0222. The van der Waals surface area contributed by atoms with E-state index in [-0.39, 0.29) is 25.7 Å². The molecule has 0 amide bonds. The van der Waals surface area contributed by atoms with E-state index in [0.29, 0.717) is 31.6 Å². The molecule has 0 rings (SSSR count). The summed E-state index contributed by atoms with van der Waals surface area (Å²) in [5.41, 5.74) is 0. The second-order valence-electron chi connectivity index (χ2n) is 25.0. The van der Waals surface area contributed by atoms with Gasteiger partial charge in [-0.25, -0.2) is 9.13 Å². The van der Waals surface area contributed by atoms with Crippen molar-refractivity contribution in [2.24, 2.45) is 5.92 Å². The summed E-state index contributed by atoms with van der Waals surface area (Å²) in [7, 11) is -9.89. The molecule has 0 aromatic carbocycles. The van der Waals surface area contributed by atoms with E-state index >= 15 is 0 Å². The van der Waals surface area contributed by atoms with Crippen molar-refractivity contribution in [1.82, 2.24) is 0 Å². The first-order valence-electron chi connectivity index (χ1n) is 35.6. The van der Waals surface area contributed by atoms with Crippen LogP contribution in [-0.2, 0) is 65.4 Å². The van der Waals surface area contributed by atoms with Gasteiger partial charge in [-0.2, -0.15) is 0 Å². The van der Waals surface area contributed by atoms with Crippen LogP contribution in [0.25, 0.3) is 0 Å². The zero-order valence-corrected chi connectivity index (χ0v) is 57.9. The predicted octanol–water partition coefficient (Wildman–Crippen LogP) is 19.4. The smallest absolute Gasteiger partial charge is 0.462 e. The van der Waals surface area contributed by atoms with E-state index in [4.69, 9.17) is 37.0 Å². The monoisotopic (exact) mass is 1280 g/mol. The van der Waals surface area contributed by atoms with Crippen molar-refractivity contribution in [2.75, 3.05) is 39.6 Å². The highest BCUT2D eigenvalue weighted by Gasteiger charge is 2.30. The fourth-order valence-corrected chi connectivity index (χ4v) is 11.9. The first-order chi connectivity index (χ1) is 42.0. The van der Waals surface area contributed by atoms with Crippen molar-refractivity contribution < 1.29 is 80.2 Å². The molecular formula is C68H132O17P2. The Morgan fingerprint density at radius 3 is 0.782 bits per heavy atom. The molecule has 0 saturated heterocycles. The zero-order valence-electron chi connectivity index (χ0n) is 56.2. The molecule has 0 aliphatic rings. The Hall–Kier alpha value is -1.94. The number of carbonyl (C=O) groups is 4. The minimum atomic E-state index is -4.95. The largest absolute Gasteiger partial charge is 0.472 e. The molecule has 0 saturated carbocycles. The van der Waals surface area contributed by atoms with Gasteiger partial charge in [0.2, 0.25) is 0 Å². The van der Waals surface area contributed by atoms with Gasteiger partial charge in [-0.05, 0) is 31.6 Å². The number of phosphoric acid groups is 2. The fraction of sp³-hybridized carbons (Fsp3) is 0.941. The molecule has 19 heteroatoms. The van der Waals surface area contributed by atoms with Gasteiger partial charge in [0.1, 0.15) is 19.3 Å². The van der Waals surface area contributed by atoms with Gasteiger partial charge in [0, 0.05) is 25.7 Å². The Kier molecular flexibility index (Phi) is 60.2. The second kappa shape index (κ2) is 61.6. The van der Waals surface area contributed by atoms with E-state index in [1.165, 1.54) is 167 Å². The lowest BCUT2D eigenvalue weighted by Crippen LogP contribution is -2.30. The molecule has 17 nitrogen and oxygen atoms in total. The van der Waals surface area contributed by atoms with E-state index in [1.54, 1.807) is 0 Å². The number of hydrogen-bond donors (Lipinski definition) is 3. The molecule has 0 aliphatic heterocycles. The highest BCUT2D eigenvalue weighted by Crippen LogP contribution is 2.45. The van der Waals surface area contributed by atoms with Crippen LogP contribution < -0.4 is 0 Å². The van der Waals surface area contributed by atoms with Crippen LogP contribution in [0.2, 0.25) is 0 Å². The molecule has 2 unspecified atom stereocenters. The lowest BCUT2D eigenvalue weighted by molar-refractivity contribution is -0.161. The van der Waals surface area contributed by atoms with Gasteiger partial charge < -0.3 is 33.8 Å².